The summed E-state index contributed by atoms with van der Waals surface area (Å²) < 4.78 is 1.77. The van der Waals surface area contributed by atoms with E-state index in [2.05, 4.69) is 57.8 Å². The third-order valence-electron chi connectivity index (χ3n) is 5.53. The molecule has 3 saturated heterocycles. The molecule has 1 N–H and O–H groups in total. The number of nitrogens with one attached hydrogen (secondary N) is 1. The molecule has 0 aliphatic carbocycles. The van der Waals surface area contributed by atoms with Crippen molar-refractivity contribution in [1.29, 1.82) is 0 Å². The summed E-state index contributed by atoms with van der Waals surface area (Å²) in [5.41, 5.74) is 1.34. The van der Waals surface area contributed by atoms with Crippen LogP contribution in [-0.4, -0.2) is 56.5 Å². The molecule has 5 rings (SSSR count). The number of carbonyl (C=O) groups is 1. The number of urea groups is 1. The summed E-state index contributed by atoms with van der Waals surface area (Å²) in [6.45, 7) is 6.67. The van der Waals surface area contributed by atoms with Gasteiger partial charge in [0.15, 0.2) is 5.82 Å². The first-order valence-electron chi connectivity index (χ1n) is 9.95. The Balaban J connectivity index is 1.40. The molecule has 3 fully saturated rings. The average molecular weight is 368 g/mol. The third-order valence-corrected chi connectivity index (χ3v) is 5.53. The summed E-state index contributed by atoms with van der Waals surface area (Å²) in [7, 11) is 0. The highest BCUT2D eigenvalue weighted by molar-refractivity contribution is 5.88. The van der Waals surface area contributed by atoms with Gasteiger partial charge in [0, 0.05) is 38.8 Å². The number of nitrogens with zero attached hydrogens (tertiary/aromatic N) is 5. The Morgan fingerprint density at radius 2 is 2.04 bits per heavy atom. The van der Waals surface area contributed by atoms with Gasteiger partial charge in [-0.1, -0.05) is 42.5 Å². The fraction of sp³-hybridized carbons (Fsp3) is 0.550. The summed E-state index contributed by atoms with van der Waals surface area (Å²) >= 11 is 0. The summed E-state index contributed by atoms with van der Waals surface area (Å²) in [6, 6.07) is 10.8. The SMILES string of the molecule is CCCn1cc(NC(=O)N2C[C@H]3CC[C@@H]2CN(Cc2ccccc2)C3)nn1. The van der Waals surface area contributed by atoms with Crippen LogP contribution in [0.25, 0.3) is 0 Å². The zero-order chi connectivity index (χ0) is 18.6. The maximum atomic E-state index is 12.9. The number of fused-ring (bicyclic) bond motifs is 4. The molecule has 0 radical (unpaired) electrons. The van der Waals surface area contributed by atoms with Crippen molar-refractivity contribution in [3.63, 3.8) is 0 Å². The molecule has 7 nitrogen and oxygen atoms in total. The molecule has 3 aliphatic heterocycles. The lowest BCUT2D eigenvalue weighted by atomic mass is 9.95. The number of aromatic nitrogens is 3. The smallest absolute Gasteiger partial charge is 0.320 e. The number of amides is 2. The van der Waals surface area contributed by atoms with E-state index < -0.39 is 0 Å². The number of benzene rings is 1. The van der Waals surface area contributed by atoms with Crippen molar-refractivity contribution in [2.24, 2.45) is 5.92 Å². The van der Waals surface area contributed by atoms with Crippen molar-refractivity contribution < 1.29 is 4.79 Å². The van der Waals surface area contributed by atoms with Crippen molar-refractivity contribution in [3.8, 4) is 0 Å². The van der Waals surface area contributed by atoms with Crippen LogP contribution in [0, 0.1) is 5.92 Å². The van der Waals surface area contributed by atoms with Crippen LogP contribution in [0.1, 0.15) is 31.7 Å². The molecule has 2 bridgehead atoms. The third kappa shape index (κ3) is 4.30. The Bertz CT molecular complexity index is 761. The molecule has 1 aromatic carbocycles. The lowest BCUT2D eigenvalue weighted by Gasteiger charge is -2.35. The first-order chi connectivity index (χ1) is 13.2. The highest BCUT2D eigenvalue weighted by Crippen LogP contribution is 2.29. The van der Waals surface area contributed by atoms with Crippen LogP contribution in [0.5, 0.6) is 0 Å². The van der Waals surface area contributed by atoms with Crippen molar-refractivity contribution in [2.45, 2.75) is 45.3 Å². The van der Waals surface area contributed by atoms with Crippen molar-refractivity contribution in [3.05, 3.63) is 42.1 Å². The monoisotopic (exact) mass is 368 g/mol. The van der Waals surface area contributed by atoms with Crippen LogP contribution in [0.4, 0.5) is 10.6 Å². The Morgan fingerprint density at radius 3 is 2.85 bits per heavy atom. The van der Waals surface area contributed by atoms with E-state index in [1.165, 1.54) is 12.0 Å². The molecule has 27 heavy (non-hydrogen) atoms. The number of carbonyl (C=O) groups excluding carboxylic acids is 1. The second-order valence-corrected chi connectivity index (χ2v) is 7.73. The maximum Gasteiger partial charge on any atom is 0.323 e. The van der Waals surface area contributed by atoms with Gasteiger partial charge >= 0.3 is 6.03 Å². The van der Waals surface area contributed by atoms with Gasteiger partial charge in [-0.15, -0.1) is 5.10 Å². The molecule has 0 unspecified atom stereocenters. The summed E-state index contributed by atoms with van der Waals surface area (Å²) in [6.07, 6.45) is 5.07. The van der Waals surface area contributed by atoms with Gasteiger partial charge in [-0.05, 0) is 30.7 Å². The van der Waals surface area contributed by atoms with Crippen LogP contribution >= 0.6 is 0 Å². The van der Waals surface area contributed by atoms with Gasteiger partial charge in [0.05, 0.1) is 6.20 Å². The number of rotatable bonds is 5. The standard InChI is InChI=1S/C20H28N6O/c1-2-10-25-15-19(22-23-25)21-20(27)26-13-17-8-9-18(26)14-24(12-17)11-16-6-4-3-5-7-16/h3-7,15,17-18H,2,8-14H2,1H3,(H,21,27)/t17-,18+/m0/s1. The normalized spacial score (nSPS) is 22.6. The first-order valence-corrected chi connectivity index (χ1v) is 9.95. The molecule has 3 aliphatic rings. The molecular formula is C20H28N6O. The lowest BCUT2D eigenvalue weighted by molar-refractivity contribution is 0.151. The maximum absolute atomic E-state index is 12.9. The summed E-state index contributed by atoms with van der Waals surface area (Å²) in [4.78, 5) is 17.4. The Morgan fingerprint density at radius 1 is 1.19 bits per heavy atom. The van der Waals surface area contributed by atoms with Crippen LogP contribution in [0.15, 0.2) is 36.5 Å². The van der Waals surface area contributed by atoms with Crippen molar-refractivity contribution in [1.82, 2.24) is 24.8 Å². The average Bonchev–Trinajstić information content (AvgIpc) is 2.92. The van der Waals surface area contributed by atoms with Gasteiger partial charge in [-0.25, -0.2) is 4.79 Å². The van der Waals surface area contributed by atoms with E-state index in [1.54, 1.807) is 10.9 Å². The molecule has 0 spiro atoms. The Labute approximate surface area is 160 Å². The summed E-state index contributed by atoms with van der Waals surface area (Å²) in [5.74, 6) is 1.07. The van der Waals surface area contributed by atoms with Gasteiger partial charge in [0.2, 0.25) is 0 Å². The minimum absolute atomic E-state index is 0.0465. The van der Waals surface area contributed by atoms with Crippen molar-refractivity contribution in [2.75, 3.05) is 25.0 Å². The molecule has 0 saturated carbocycles. The molecule has 2 amide bonds. The van der Waals surface area contributed by atoms with E-state index in [1.807, 2.05) is 4.90 Å². The van der Waals surface area contributed by atoms with E-state index in [0.717, 1.165) is 45.6 Å². The Hall–Kier alpha value is -2.41. The van der Waals surface area contributed by atoms with E-state index in [-0.39, 0.29) is 12.1 Å². The van der Waals surface area contributed by atoms with Crippen LogP contribution in [-0.2, 0) is 13.1 Å². The van der Waals surface area contributed by atoms with Gasteiger partial charge in [0.25, 0.3) is 0 Å². The molecule has 4 heterocycles. The minimum Gasteiger partial charge on any atom is -0.320 e. The van der Waals surface area contributed by atoms with Gasteiger partial charge in [-0.2, -0.15) is 0 Å². The minimum atomic E-state index is -0.0465. The van der Waals surface area contributed by atoms with Gasteiger partial charge in [0.1, 0.15) is 0 Å². The van der Waals surface area contributed by atoms with E-state index in [0.29, 0.717) is 11.7 Å². The molecule has 2 aromatic rings. The number of piperidine rings is 1. The van der Waals surface area contributed by atoms with E-state index in [9.17, 15) is 4.79 Å². The molecule has 7 heteroatoms. The first kappa shape index (κ1) is 18.0. The quantitative estimate of drug-likeness (QED) is 0.881. The van der Waals surface area contributed by atoms with Gasteiger partial charge in [-0.3, -0.25) is 14.9 Å². The number of hydrogen-bond acceptors (Lipinski definition) is 4. The second kappa shape index (κ2) is 8.08. The molecular weight excluding hydrogens is 340 g/mol. The molecule has 1 aromatic heterocycles. The zero-order valence-corrected chi connectivity index (χ0v) is 15.9. The summed E-state index contributed by atoms with van der Waals surface area (Å²) in [5, 5.41) is 11.1. The second-order valence-electron chi connectivity index (χ2n) is 7.73. The highest BCUT2D eigenvalue weighted by atomic mass is 16.2. The zero-order valence-electron chi connectivity index (χ0n) is 15.9. The van der Waals surface area contributed by atoms with Crippen LogP contribution in [0.2, 0.25) is 0 Å². The number of aryl methyl sites for hydroxylation is 1. The number of anilines is 1. The fourth-order valence-corrected chi connectivity index (χ4v) is 4.27. The predicted molar refractivity (Wildman–Crippen MR) is 104 cm³/mol. The van der Waals surface area contributed by atoms with E-state index in [4.69, 9.17) is 0 Å². The predicted octanol–water partition coefficient (Wildman–Crippen LogP) is 2.82. The Kier molecular flexibility index (Phi) is 5.38. The topological polar surface area (TPSA) is 66.3 Å². The fourth-order valence-electron chi connectivity index (χ4n) is 4.27. The highest BCUT2D eigenvalue weighted by Gasteiger charge is 2.37. The lowest BCUT2D eigenvalue weighted by Crippen LogP contribution is -2.49. The van der Waals surface area contributed by atoms with Crippen molar-refractivity contribution >= 4 is 11.8 Å². The molecule has 2 atom stereocenters. The number of hydrogen-bond donors (Lipinski definition) is 1. The van der Waals surface area contributed by atoms with Crippen LogP contribution < -0.4 is 5.32 Å². The largest absolute Gasteiger partial charge is 0.323 e. The van der Waals surface area contributed by atoms with E-state index >= 15 is 0 Å². The molecule has 144 valence electrons. The van der Waals surface area contributed by atoms with Crippen LogP contribution in [0.3, 0.4) is 0 Å². The van der Waals surface area contributed by atoms with Gasteiger partial charge < -0.3 is 4.90 Å².